The SMILES string of the molecule is O=C(O)c1nn(CCSc2ccccc2)cc1[N+](=O)[O-]. The highest BCUT2D eigenvalue weighted by Gasteiger charge is 2.24. The molecule has 104 valence electrons. The van der Waals surface area contributed by atoms with Gasteiger partial charge in [0.05, 0.1) is 11.5 Å². The van der Waals surface area contributed by atoms with Gasteiger partial charge in [-0.3, -0.25) is 14.8 Å². The van der Waals surface area contributed by atoms with Gasteiger partial charge in [0.15, 0.2) is 0 Å². The summed E-state index contributed by atoms with van der Waals surface area (Å²) in [6, 6.07) is 9.67. The number of carboxylic acids is 1. The molecule has 2 aromatic rings. The Balaban J connectivity index is 2.01. The number of aromatic carboxylic acids is 1. The molecule has 1 aromatic carbocycles. The molecule has 0 unspecified atom stereocenters. The van der Waals surface area contributed by atoms with Crippen LogP contribution in [0.25, 0.3) is 0 Å². The van der Waals surface area contributed by atoms with Crippen molar-refractivity contribution < 1.29 is 14.8 Å². The second kappa shape index (κ2) is 6.20. The Bertz CT molecular complexity index is 595. The Morgan fingerprint density at radius 2 is 2.10 bits per heavy atom. The van der Waals surface area contributed by atoms with E-state index in [1.54, 1.807) is 11.8 Å². The molecule has 0 saturated carbocycles. The number of carboxylic acid groups (broad SMARTS) is 1. The van der Waals surface area contributed by atoms with Crippen LogP contribution in [0.5, 0.6) is 0 Å². The summed E-state index contributed by atoms with van der Waals surface area (Å²) in [5.41, 5.74) is -1.01. The molecule has 1 N–H and O–H groups in total. The van der Waals surface area contributed by atoms with Crippen LogP contribution < -0.4 is 0 Å². The van der Waals surface area contributed by atoms with Gasteiger partial charge in [-0.25, -0.2) is 4.79 Å². The van der Waals surface area contributed by atoms with Crippen molar-refractivity contribution in [2.45, 2.75) is 11.4 Å². The molecule has 0 bridgehead atoms. The number of carbonyl (C=O) groups is 1. The molecule has 8 heteroatoms. The first-order chi connectivity index (χ1) is 9.58. The standard InChI is InChI=1S/C12H11N3O4S/c16-12(17)11-10(15(18)19)8-14(13-11)6-7-20-9-4-2-1-3-5-9/h1-5,8H,6-7H2,(H,16,17). The predicted molar refractivity (Wildman–Crippen MR) is 73.0 cm³/mol. The van der Waals surface area contributed by atoms with Crippen molar-refractivity contribution in [1.82, 2.24) is 9.78 Å². The quantitative estimate of drug-likeness (QED) is 0.498. The molecule has 0 aliphatic heterocycles. The molecule has 0 radical (unpaired) electrons. The van der Waals surface area contributed by atoms with Crippen LogP contribution in [0.3, 0.4) is 0 Å². The fourth-order valence-electron chi connectivity index (χ4n) is 1.59. The van der Waals surface area contributed by atoms with Crippen LogP contribution in [-0.4, -0.2) is 31.5 Å². The molecule has 0 fully saturated rings. The zero-order valence-electron chi connectivity index (χ0n) is 10.3. The van der Waals surface area contributed by atoms with Crippen molar-refractivity contribution >= 4 is 23.4 Å². The summed E-state index contributed by atoms with van der Waals surface area (Å²) < 4.78 is 1.29. The maximum Gasteiger partial charge on any atom is 0.363 e. The van der Waals surface area contributed by atoms with E-state index in [9.17, 15) is 14.9 Å². The van der Waals surface area contributed by atoms with Crippen LogP contribution in [-0.2, 0) is 6.54 Å². The minimum absolute atomic E-state index is 0.397. The average Bonchev–Trinajstić information content (AvgIpc) is 2.85. The summed E-state index contributed by atoms with van der Waals surface area (Å²) in [4.78, 5) is 21.9. The van der Waals surface area contributed by atoms with Gasteiger partial charge in [-0.15, -0.1) is 11.8 Å². The number of nitro groups is 1. The number of aromatic nitrogens is 2. The van der Waals surface area contributed by atoms with Gasteiger partial charge >= 0.3 is 11.7 Å². The van der Waals surface area contributed by atoms with Crippen molar-refractivity contribution in [2.24, 2.45) is 0 Å². The second-order valence-corrected chi connectivity index (χ2v) is 5.02. The van der Waals surface area contributed by atoms with E-state index >= 15 is 0 Å². The molecule has 0 spiro atoms. The first-order valence-electron chi connectivity index (χ1n) is 5.71. The molecule has 0 aliphatic rings. The number of benzene rings is 1. The van der Waals surface area contributed by atoms with Crippen LogP contribution in [0.15, 0.2) is 41.4 Å². The first kappa shape index (κ1) is 14.1. The Morgan fingerprint density at radius 3 is 2.65 bits per heavy atom. The summed E-state index contributed by atoms with van der Waals surface area (Å²) in [5, 5.41) is 23.3. The topological polar surface area (TPSA) is 98.3 Å². The maximum absolute atomic E-state index is 10.8. The molecule has 0 amide bonds. The minimum Gasteiger partial charge on any atom is -0.476 e. The fraction of sp³-hybridized carbons (Fsp3) is 0.167. The highest BCUT2D eigenvalue weighted by Crippen LogP contribution is 2.19. The van der Waals surface area contributed by atoms with Gasteiger partial charge in [-0.1, -0.05) is 18.2 Å². The average molecular weight is 293 g/mol. The van der Waals surface area contributed by atoms with E-state index in [-0.39, 0.29) is 0 Å². The molecular weight excluding hydrogens is 282 g/mol. The number of rotatable bonds is 6. The van der Waals surface area contributed by atoms with Gasteiger partial charge in [0.1, 0.15) is 6.20 Å². The van der Waals surface area contributed by atoms with E-state index in [1.165, 1.54) is 4.68 Å². The van der Waals surface area contributed by atoms with Crippen LogP contribution in [0.4, 0.5) is 5.69 Å². The molecule has 1 aromatic heterocycles. The van der Waals surface area contributed by atoms with Crippen molar-refractivity contribution in [1.29, 1.82) is 0 Å². The molecule has 20 heavy (non-hydrogen) atoms. The van der Waals surface area contributed by atoms with Gasteiger partial charge in [-0.05, 0) is 12.1 Å². The second-order valence-electron chi connectivity index (χ2n) is 3.85. The lowest BCUT2D eigenvalue weighted by atomic mass is 10.4. The third-order valence-electron chi connectivity index (χ3n) is 2.47. The number of aryl methyl sites for hydroxylation is 1. The Morgan fingerprint density at radius 1 is 1.40 bits per heavy atom. The Kier molecular flexibility index (Phi) is 4.36. The van der Waals surface area contributed by atoms with Crippen molar-refractivity contribution in [3.8, 4) is 0 Å². The molecule has 7 nitrogen and oxygen atoms in total. The molecule has 0 atom stereocenters. The van der Waals surface area contributed by atoms with Crippen LogP contribution in [0, 0.1) is 10.1 Å². The van der Waals surface area contributed by atoms with E-state index in [0.717, 1.165) is 11.1 Å². The van der Waals surface area contributed by atoms with Gasteiger partial charge < -0.3 is 5.11 Å². The van der Waals surface area contributed by atoms with Crippen LogP contribution >= 0.6 is 11.8 Å². The van der Waals surface area contributed by atoms with E-state index < -0.39 is 22.3 Å². The lowest BCUT2D eigenvalue weighted by Crippen LogP contribution is -2.05. The molecule has 0 saturated heterocycles. The monoisotopic (exact) mass is 293 g/mol. The Hall–Kier alpha value is -2.35. The summed E-state index contributed by atoms with van der Waals surface area (Å²) in [6.07, 6.45) is 1.15. The normalized spacial score (nSPS) is 10.4. The van der Waals surface area contributed by atoms with Gasteiger partial charge in [0.25, 0.3) is 0 Å². The highest BCUT2D eigenvalue weighted by molar-refractivity contribution is 7.99. The number of nitrogens with zero attached hydrogens (tertiary/aromatic N) is 3. The maximum atomic E-state index is 10.8. The van der Waals surface area contributed by atoms with Gasteiger partial charge in [0, 0.05) is 10.6 Å². The number of hydrogen-bond donors (Lipinski definition) is 1. The zero-order chi connectivity index (χ0) is 14.5. The minimum atomic E-state index is -1.40. The van der Waals surface area contributed by atoms with E-state index in [0.29, 0.717) is 12.3 Å². The van der Waals surface area contributed by atoms with Gasteiger partial charge in [-0.2, -0.15) is 5.10 Å². The summed E-state index contributed by atoms with van der Waals surface area (Å²) >= 11 is 1.57. The lowest BCUT2D eigenvalue weighted by Gasteiger charge is -2.01. The van der Waals surface area contributed by atoms with Crippen LogP contribution in [0.2, 0.25) is 0 Å². The largest absolute Gasteiger partial charge is 0.476 e. The Labute approximate surface area is 118 Å². The fourth-order valence-corrected chi connectivity index (χ4v) is 2.45. The highest BCUT2D eigenvalue weighted by atomic mass is 32.2. The summed E-state index contributed by atoms with van der Waals surface area (Å²) in [7, 11) is 0. The molecule has 0 aliphatic carbocycles. The third-order valence-corrected chi connectivity index (χ3v) is 3.47. The number of hydrogen-bond acceptors (Lipinski definition) is 5. The molecule has 2 rings (SSSR count). The van der Waals surface area contributed by atoms with Crippen LogP contribution in [0.1, 0.15) is 10.5 Å². The number of thioether (sulfide) groups is 1. The first-order valence-corrected chi connectivity index (χ1v) is 6.69. The predicted octanol–water partition coefficient (Wildman–Crippen LogP) is 2.28. The smallest absolute Gasteiger partial charge is 0.363 e. The lowest BCUT2D eigenvalue weighted by molar-refractivity contribution is -0.385. The third kappa shape index (κ3) is 3.35. The summed E-state index contributed by atoms with van der Waals surface area (Å²) in [6.45, 7) is 0.397. The van der Waals surface area contributed by atoms with Crippen molar-refractivity contribution in [3.05, 3.63) is 52.3 Å². The van der Waals surface area contributed by atoms with Crippen molar-refractivity contribution in [2.75, 3.05) is 5.75 Å². The van der Waals surface area contributed by atoms with Gasteiger partial charge in [0.2, 0.25) is 5.69 Å². The van der Waals surface area contributed by atoms with E-state index in [2.05, 4.69) is 5.10 Å². The summed E-state index contributed by atoms with van der Waals surface area (Å²) in [5.74, 6) is -0.756. The van der Waals surface area contributed by atoms with E-state index in [4.69, 9.17) is 5.11 Å². The molecule has 1 heterocycles. The molecular formula is C12H11N3O4S. The van der Waals surface area contributed by atoms with E-state index in [1.807, 2.05) is 30.3 Å². The van der Waals surface area contributed by atoms with Crippen molar-refractivity contribution in [3.63, 3.8) is 0 Å². The zero-order valence-corrected chi connectivity index (χ0v) is 11.1.